The number of nitrogens with one attached hydrogen (secondary N) is 1. The summed E-state index contributed by atoms with van der Waals surface area (Å²) >= 11 is 0. The molecule has 0 radical (unpaired) electrons. The molecule has 30 heavy (non-hydrogen) atoms. The molecule has 9 heteroatoms. The Kier molecular flexibility index (Phi) is 5.82. The van der Waals surface area contributed by atoms with E-state index in [0.29, 0.717) is 5.69 Å². The van der Waals surface area contributed by atoms with Crippen LogP contribution in [0.15, 0.2) is 48.7 Å². The van der Waals surface area contributed by atoms with E-state index in [-0.39, 0.29) is 13.0 Å². The van der Waals surface area contributed by atoms with Crippen LogP contribution in [0.5, 0.6) is 0 Å². The lowest BCUT2D eigenvalue weighted by Gasteiger charge is -2.24. The topological polar surface area (TPSA) is 127 Å². The Morgan fingerprint density at radius 3 is 2.47 bits per heavy atom. The third-order valence-corrected chi connectivity index (χ3v) is 7.06. The van der Waals surface area contributed by atoms with Crippen LogP contribution >= 0.6 is 0 Å². The van der Waals surface area contributed by atoms with Gasteiger partial charge in [-0.2, -0.15) is 5.10 Å². The van der Waals surface area contributed by atoms with E-state index < -0.39 is 20.5 Å². The molecule has 8 nitrogen and oxygen atoms in total. The van der Waals surface area contributed by atoms with Crippen molar-refractivity contribution >= 4 is 32.3 Å². The van der Waals surface area contributed by atoms with E-state index in [9.17, 15) is 13.2 Å². The number of amides is 1. The predicted octanol–water partition coefficient (Wildman–Crippen LogP) is 1.72. The molecule has 0 spiro atoms. The molecular formula is C21H22N4O4S. The SMILES string of the molecule is CC(CCn1cc2cc(C#Cc3ccc(N)cc3)ccc2n1)(C(=O)NO)S(C)(=O)=O. The van der Waals surface area contributed by atoms with Crippen LogP contribution in [0.4, 0.5) is 5.69 Å². The summed E-state index contributed by atoms with van der Waals surface area (Å²) in [4.78, 5) is 11.9. The Bertz CT molecular complexity index is 1250. The largest absolute Gasteiger partial charge is 0.399 e. The van der Waals surface area contributed by atoms with Gasteiger partial charge in [0.2, 0.25) is 0 Å². The van der Waals surface area contributed by atoms with E-state index >= 15 is 0 Å². The molecule has 2 aromatic carbocycles. The summed E-state index contributed by atoms with van der Waals surface area (Å²) in [6, 6.07) is 12.8. The van der Waals surface area contributed by atoms with Crippen LogP contribution in [0.2, 0.25) is 0 Å². The van der Waals surface area contributed by atoms with E-state index in [1.165, 1.54) is 12.4 Å². The maximum absolute atomic E-state index is 12.1. The lowest BCUT2D eigenvalue weighted by molar-refractivity contribution is -0.131. The Balaban J connectivity index is 1.81. The van der Waals surface area contributed by atoms with Crippen molar-refractivity contribution in [2.75, 3.05) is 12.0 Å². The van der Waals surface area contributed by atoms with Gasteiger partial charge < -0.3 is 5.73 Å². The van der Waals surface area contributed by atoms with Gasteiger partial charge >= 0.3 is 0 Å². The molecule has 4 N–H and O–H groups in total. The van der Waals surface area contributed by atoms with E-state index in [1.807, 2.05) is 30.3 Å². The Morgan fingerprint density at radius 2 is 1.83 bits per heavy atom. The smallest absolute Gasteiger partial charge is 0.264 e. The van der Waals surface area contributed by atoms with E-state index in [0.717, 1.165) is 28.3 Å². The Morgan fingerprint density at radius 1 is 1.20 bits per heavy atom. The van der Waals surface area contributed by atoms with Crippen LogP contribution in [0.3, 0.4) is 0 Å². The second kappa shape index (κ2) is 8.18. The minimum atomic E-state index is -3.76. The van der Waals surface area contributed by atoms with Crippen molar-refractivity contribution in [1.29, 1.82) is 0 Å². The van der Waals surface area contributed by atoms with Crippen molar-refractivity contribution in [2.24, 2.45) is 0 Å². The summed E-state index contributed by atoms with van der Waals surface area (Å²) in [5.74, 6) is 5.19. The van der Waals surface area contributed by atoms with Crippen LogP contribution < -0.4 is 11.2 Å². The molecule has 0 aliphatic heterocycles. The number of nitrogen functional groups attached to an aromatic ring is 1. The van der Waals surface area contributed by atoms with E-state index in [1.54, 1.807) is 23.0 Å². The third kappa shape index (κ3) is 4.45. The molecule has 1 heterocycles. The second-order valence-corrected chi connectivity index (χ2v) is 9.68. The normalized spacial score (nSPS) is 13.3. The number of nitrogens with zero attached hydrogens (tertiary/aromatic N) is 2. The maximum Gasteiger partial charge on any atom is 0.264 e. The first kappa shape index (κ1) is 21.4. The number of aryl methyl sites for hydroxylation is 1. The zero-order valence-electron chi connectivity index (χ0n) is 16.6. The van der Waals surface area contributed by atoms with Crippen LogP contribution in [0.25, 0.3) is 10.9 Å². The number of rotatable bonds is 5. The summed E-state index contributed by atoms with van der Waals surface area (Å²) in [5, 5.41) is 14.2. The Labute approximate surface area is 174 Å². The molecule has 1 amide bonds. The number of aromatic nitrogens is 2. The molecule has 1 atom stereocenters. The van der Waals surface area contributed by atoms with Crippen LogP contribution in [-0.2, 0) is 21.2 Å². The fraction of sp³-hybridized carbons (Fsp3) is 0.238. The van der Waals surface area contributed by atoms with Crippen molar-refractivity contribution in [3.05, 3.63) is 59.8 Å². The summed E-state index contributed by atoms with van der Waals surface area (Å²) in [5.41, 5.74) is 10.2. The highest BCUT2D eigenvalue weighted by Crippen LogP contribution is 2.23. The maximum atomic E-state index is 12.1. The number of carbonyl (C=O) groups excluding carboxylic acids is 1. The molecule has 0 aliphatic carbocycles. The summed E-state index contributed by atoms with van der Waals surface area (Å²) < 4.78 is 24.0. The first-order valence-electron chi connectivity index (χ1n) is 9.11. The van der Waals surface area contributed by atoms with Crippen LogP contribution in [-0.4, -0.2) is 40.3 Å². The van der Waals surface area contributed by atoms with Crippen molar-refractivity contribution in [2.45, 2.75) is 24.6 Å². The summed E-state index contributed by atoms with van der Waals surface area (Å²) in [6.07, 6.45) is 2.69. The number of hydrogen-bond donors (Lipinski definition) is 3. The number of benzene rings is 2. The number of carbonyl (C=O) groups is 1. The van der Waals surface area contributed by atoms with Crippen LogP contribution in [0, 0.1) is 11.8 Å². The van der Waals surface area contributed by atoms with Gasteiger partial charge in [-0.3, -0.25) is 14.7 Å². The van der Waals surface area contributed by atoms with Crippen molar-refractivity contribution in [3.8, 4) is 11.8 Å². The molecule has 0 saturated carbocycles. The number of nitrogens with two attached hydrogens (primary N) is 1. The van der Waals surface area contributed by atoms with Gasteiger partial charge in [-0.25, -0.2) is 13.9 Å². The number of hydroxylamine groups is 1. The van der Waals surface area contributed by atoms with Gasteiger partial charge in [-0.1, -0.05) is 11.8 Å². The van der Waals surface area contributed by atoms with E-state index in [4.69, 9.17) is 10.9 Å². The van der Waals surface area contributed by atoms with Gasteiger partial charge in [-0.15, -0.1) is 0 Å². The van der Waals surface area contributed by atoms with Gasteiger partial charge in [0, 0.05) is 41.2 Å². The molecule has 0 fully saturated rings. The summed E-state index contributed by atoms with van der Waals surface area (Å²) in [7, 11) is -3.76. The third-order valence-electron chi connectivity index (χ3n) is 5.03. The molecule has 3 rings (SSSR count). The fourth-order valence-corrected chi connectivity index (χ4v) is 3.74. The first-order valence-corrected chi connectivity index (χ1v) is 11.0. The lowest BCUT2D eigenvalue weighted by Crippen LogP contribution is -2.49. The predicted molar refractivity (Wildman–Crippen MR) is 114 cm³/mol. The number of hydrogen-bond acceptors (Lipinski definition) is 6. The highest BCUT2D eigenvalue weighted by molar-refractivity contribution is 7.92. The van der Waals surface area contributed by atoms with Gasteiger partial charge in [0.1, 0.15) is 0 Å². The van der Waals surface area contributed by atoms with Gasteiger partial charge in [-0.05, 0) is 55.8 Å². The zero-order valence-corrected chi connectivity index (χ0v) is 17.4. The minimum absolute atomic E-state index is 0.0456. The molecule has 0 aliphatic rings. The van der Waals surface area contributed by atoms with Crippen molar-refractivity contribution in [3.63, 3.8) is 0 Å². The molecule has 0 saturated heterocycles. The van der Waals surface area contributed by atoms with Gasteiger partial charge in [0.05, 0.1) is 5.52 Å². The molecule has 0 bridgehead atoms. The second-order valence-electron chi connectivity index (χ2n) is 7.23. The molecule has 1 aromatic heterocycles. The molecule has 1 unspecified atom stereocenters. The highest BCUT2D eigenvalue weighted by atomic mass is 32.2. The van der Waals surface area contributed by atoms with Crippen molar-refractivity contribution in [1.82, 2.24) is 15.3 Å². The number of fused-ring (bicyclic) bond motifs is 1. The molecular weight excluding hydrogens is 404 g/mol. The van der Waals surface area contributed by atoms with Gasteiger partial charge in [0.25, 0.3) is 5.91 Å². The first-order chi connectivity index (χ1) is 14.1. The lowest BCUT2D eigenvalue weighted by atomic mass is 10.1. The standard InChI is InChI=1S/C21H22N4O4S/c1-21(20(26)24-27,30(2,28)29)11-12-25-14-17-13-16(7-10-19(17)23-25)4-3-15-5-8-18(22)9-6-15/h5-10,13-14,27H,11-12,22H2,1-2H3,(H,24,26). The van der Waals surface area contributed by atoms with Crippen LogP contribution in [0.1, 0.15) is 24.5 Å². The summed E-state index contributed by atoms with van der Waals surface area (Å²) in [6.45, 7) is 1.46. The fourth-order valence-electron chi connectivity index (χ4n) is 2.89. The number of anilines is 1. The zero-order chi connectivity index (χ0) is 21.9. The highest BCUT2D eigenvalue weighted by Gasteiger charge is 2.43. The quantitative estimate of drug-likeness (QED) is 0.247. The monoisotopic (exact) mass is 426 g/mol. The van der Waals surface area contributed by atoms with Gasteiger partial charge in [0.15, 0.2) is 14.6 Å². The molecule has 3 aromatic rings. The molecule has 156 valence electrons. The average Bonchev–Trinajstić information content (AvgIpc) is 3.12. The Hall–Kier alpha value is -3.35. The average molecular weight is 426 g/mol. The number of sulfone groups is 1. The van der Waals surface area contributed by atoms with Crippen molar-refractivity contribution < 1.29 is 18.4 Å². The van der Waals surface area contributed by atoms with E-state index in [2.05, 4.69) is 16.9 Å². The minimum Gasteiger partial charge on any atom is -0.399 e.